The molecule has 0 aromatic heterocycles. The number of hydrogen-bond acceptors (Lipinski definition) is 7. The van der Waals surface area contributed by atoms with Gasteiger partial charge in [0, 0.05) is 24.9 Å². The van der Waals surface area contributed by atoms with Crippen molar-refractivity contribution in [2.24, 2.45) is 11.7 Å². The van der Waals surface area contributed by atoms with Gasteiger partial charge in [0.2, 0.25) is 5.91 Å². The summed E-state index contributed by atoms with van der Waals surface area (Å²) in [5.74, 6) is -2.23. The average molecular weight is 450 g/mol. The molecule has 2 rings (SSSR count). The van der Waals surface area contributed by atoms with E-state index < -0.39 is 23.5 Å². The van der Waals surface area contributed by atoms with Gasteiger partial charge >= 0.3 is 0 Å². The number of aliphatic hydroxyl groups is 1. The van der Waals surface area contributed by atoms with Crippen molar-refractivity contribution in [3.63, 3.8) is 0 Å². The van der Waals surface area contributed by atoms with Crippen LogP contribution in [0.5, 0.6) is 11.5 Å². The molecule has 1 heterocycles. The summed E-state index contributed by atoms with van der Waals surface area (Å²) in [6, 6.07) is 2.57. The number of carbonyl (C=O) groups is 2. The zero-order chi connectivity index (χ0) is 23.3. The molecule has 1 atom stereocenters. The lowest BCUT2D eigenvalue weighted by atomic mass is 9.95. The fraction of sp³-hybridized carbons (Fsp3) is 0.455. The van der Waals surface area contributed by atoms with Gasteiger partial charge in [-0.25, -0.2) is 0 Å². The Morgan fingerprint density at radius 2 is 1.90 bits per heavy atom. The van der Waals surface area contributed by atoms with Gasteiger partial charge in [-0.3, -0.25) is 9.59 Å². The number of benzene rings is 1. The Morgan fingerprint density at radius 3 is 2.42 bits per heavy atom. The lowest BCUT2D eigenvalue weighted by Crippen LogP contribution is -2.41. The van der Waals surface area contributed by atoms with Gasteiger partial charge in [0.1, 0.15) is 17.3 Å². The van der Waals surface area contributed by atoms with Crippen LogP contribution in [0, 0.1) is 5.92 Å². The summed E-state index contributed by atoms with van der Waals surface area (Å²) in [5, 5.41) is 36.9. The smallest absolute Gasteiger partial charge is 0.261 e. The van der Waals surface area contributed by atoms with Gasteiger partial charge in [-0.1, -0.05) is 19.4 Å². The number of nitrogens with two attached hydrogens (primary N) is 1. The highest BCUT2D eigenvalue weighted by molar-refractivity contribution is 8.04. The molecule has 1 aromatic carbocycles. The standard InChI is InChI=1S/C22H31N3O5S/c1-5-24-21(29)15(10-23)18(25-22(30)20-12(4)6-7-31-20)19(28)14-8-13(11(2)3)16(26)9-17(14)27/h8-9,11,15,26-28H,5-7,10,23H2,1-4H3,(H,24,29)(H,25,30)/b19-18+. The third-order valence-corrected chi connectivity index (χ3v) is 6.33. The number of aliphatic hydroxyl groups excluding tert-OH is 1. The Kier molecular flexibility index (Phi) is 8.41. The van der Waals surface area contributed by atoms with Gasteiger partial charge in [-0.05, 0) is 37.8 Å². The zero-order valence-electron chi connectivity index (χ0n) is 18.3. The molecule has 0 spiro atoms. The average Bonchev–Trinajstić information content (AvgIpc) is 3.13. The maximum Gasteiger partial charge on any atom is 0.261 e. The second kappa shape index (κ2) is 10.6. The van der Waals surface area contributed by atoms with E-state index in [4.69, 9.17) is 5.73 Å². The van der Waals surface area contributed by atoms with Gasteiger partial charge in [0.05, 0.1) is 22.1 Å². The lowest BCUT2D eigenvalue weighted by molar-refractivity contribution is -0.123. The molecule has 7 N–H and O–H groups in total. The van der Waals surface area contributed by atoms with E-state index in [1.807, 2.05) is 20.8 Å². The normalized spacial score (nSPS) is 15.7. The number of thioether (sulfide) groups is 1. The van der Waals surface area contributed by atoms with Crippen molar-refractivity contribution in [3.8, 4) is 11.5 Å². The SMILES string of the molecule is CCNC(=O)C(CN)/C(NC(=O)C1=C(C)CCS1)=C(\O)c1cc(C(C)C)c(O)cc1O. The molecule has 0 saturated carbocycles. The monoisotopic (exact) mass is 449 g/mol. The number of allylic oxidation sites excluding steroid dienone is 1. The van der Waals surface area contributed by atoms with E-state index in [9.17, 15) is 24.9 Å². The first-order valence-electron chi connectivity index (χ1n) is 10.2. The fourth-order valence-electron chi connectivity index (χ4n) is 3.34. The van der Waals surface area contributed by atoms with Crippen LogP contribution in [-0.4, -0.2) is 46.0 Å². The van der Waals surface area contributed by atoms with Crippen LogP contribution in [0.25, 0.3) is 5.76 Å². The molecule has 1 aliphatic rings. The maximum absolute atomic E-state index is 12.9. The topological polar surface area (TPSA) is 145 Å². The second-order valence-electron chi connectivity index (χ2n) is 7.69. The fourth-order valence-corrected chi connectivity index (χ4v) is 4.48. The maximum atomic E-state index is 12.9. The molecule has 1 aromatic rings. The van der Waals surface area contributed by atoms with Crippen LogP contribution in [0.2, 0.25) is 0 Å². The largest absolute Gasteiger partial charge is 0.508 e. The molecule has 9 heteroatoms. The molecule has 1 unspecified atom stereocenters. The summed E-state index contributed by atoms with van der Waals surface area (Å²) < 4.78 is 0. The predicted molar refractivity (Wildman–Crippen MR) is 123 cm³/mol. The van der Waals surface area contributed by atoms with Gasteiger partial charge < -0.3 is 31.7 Å². The summed E-state index contributed by atoms with van der Waals surface area (Å²) in [6.45, 7) is 7.49. The summed E-state index contributed by atoms with van der Waals surface area (Å²) in [5.41, 5.74) is 7.16. The quantitative estimate of drug-likeness (QED) is 0.335. The number of phenols is 2. The third kappa shape index (κ3) is 5.54. The highest BCUT2D eigenvalue weighted by Crippen LogP contribution is 2.37. The molecular weight excluding hydrogens is 418 g/mol. The van der Waals surface area contributed by atoms with Gasteiger partial charge in [-0.2, -0.15) is 0 Å². The summed E-state index contributed by atoms with van der Waals surface area (Å²) in [6.07, 6.45) is 0.783. The van der Waals surface area contributed by atoms with Crippen LogP contribution in [0.15, 0.2) is 28.3 Å². The third-order valence-electron chi connectivity index (χ3n) is 5.09. The highest BCUT2D eigenvalue weighted by Gasteiger charge is 2.30. The van der Waals surface area contributed by atoms with Crippen molar-refractivity contribution in [3.05, 3.63) is 39.4 Å². The Balaban J connectivity index is 2.63. The van der Waals surface area contributed by atoms with Crippen molar-refractivity contribution in [2.45, 2.75) is 40.0 Å². The van der Waals surface area contributed by atoms with Crippen LogP contribution < -0.4 is 16.4 Å². The van der Waals surface area contributed by atoms with Crippen LogP contribution >= 0.6 is 11.8 Å². The molecule has 0 aliphatic carbocycles. The van der Waals surface area contributed by atoms with Crippen molar-refractivity contribution in [2.75, 3.05) is 18.8 Å². The Morgan fingerprint density at radius 1 is 1.23 bits per heavy atom. The lowest BCUT2D eigenvalue weighted by Gasteiger charge is -2.22. The van der Waals surface area contributed by atoms with Gasteiger partial charge in [-0.15, -0.1) is 11.8 Å². The first kappa shape index (κ1) is 24.6. The number of aromatic hydroxyl groups is 2. The Hall–Kier alpha value is -2.65. The van der Waals surface area contributed by atoms with E-state index >= 15 is 0 Å². The molecule has 0 saturated heterocycles. The Labute approximate surface area is 186 Å². The van der Waals surface area contributed by atoms with Crippen molar-refractivity contribution >= 4 is 29.3 Å². The van der Waals surface area contributed by atoms with E-state index in [1.165, 1.54) is 17.8 Å². The molecule has 170 valence electrons. The Bertz CT molecular complexity index is 924. The van der Waals surface area contributed by atoms with Crippen molar-refractivity contribution in [1.29, 1.82) is 0 Å². The molecule has 1 aliphatic heterocycles. The molecule has 31 heavy (non-hydrogen) atoms. The van der Waals surface area contributed by atoms with Crippen molar-refractivity contribution < 1.29 is 24.9 Å². The minimum absolute atomic E-state index is 0.00988. The number of carbonyl (C=O) groups excluding carboxylic acids is 2. The van der Waals surface area contributed by atoms with E-state index in [1.54, 1.807) is 6.92 Å². The van der Waals surface area contributed by atoms with Gasteiger partial charge in [0.25, 0.3) is 5.91 Å². The number of rotatable bonds is 8. The van der Waals surface area contributed by atoms with Crippen LogP contribution in [0.3, 0.4) is 0 Å². The number of hydrogen-bond donors (Lipinski definition) is 6. The summed E-state index contributed by atoms with van der Waals surface area (Å²) >= 11 is 1.41. The first-order chi connectivity index (χ1) is 14.6. The summed E-state index contributed by atoms with van der Waals surface area (Å²) in [7, 11) is 0. The number of phenolic OH excluding ortho intramolecular Hbond substituents is 2. The second-order valence-corrected chi connectivity index (χ2v) is 8.80. The highest BCUT2D eigenvalue weighted by atomic mass is 32.2. The zero-order valence-corrected chi connectivity index (χ0v) is 19.1. The van der Waals surface area contributed by atoms with Crippen LogP contribution in [-0.2, 0) is 9.59 Å². The van der Waals surface area contributed by atoms with Crippen LogP contribution in [0.4, 0.5) is 0 Å². The van der Waals surface area contributed by atoms with E-state index in [0.29, 0.717) is 17.0 Å². The molecule has 0 radical (unpaired) electrons. The molecule has 8 nitrogen and oxygen atoms in total. The minimum Gasteiger partial charge on any atom is -0.508 e. The van der Waals surface area contributed by atoms with Gasteiger partial charge in [0.15, 0.2) is 0 Å². The minimum atomic E-state index is -1.05. The van der Waals surface area contributed by atoms with E-state index in [0.717, 1.165) is 23.8 Å². The molecule has 0 bridgehead atoms. The number of nitrogens with one attached hydrogen (secondary N) is 2. The summed E-state index contributed by atoms with van der Waals surface area (Å²) in [4.78, 5) is 26.1. The molecule has 2 amide bonds. The van der Waals surface area contributed by atoms with Crippen molar-refractivity contribution in [1.82, 2.24) is 10.6 Å². The molecule has 0 fully saturated rings. The van der Waals surface area contributed by atoms with E-state index in [2.05, 4.69) is 10.6 Å². The van der Waals surface area contributed by atoms with E-state index in [-0.39, 0.29) is 35.2 Å². The number of amides is 2. The molecular formula is C22H31N3O5S. The predicted octanol–water partition coefficient (Wildman–Crippen LogP) is 2.69. The first-order valence-corrected chi connectivity index (χ1v) is 11.2. The van der Waals surface area contributed by atoms with Crippen LogP contribution in [0.1, 0.15) is 51.2 Å².